The fourth-order valence-corrected chi connectivity index (χ4v) is 3.79. The summed E-state index contributed by atoms with van der Waals surface area (Å²) in [5.41, 5.74) is 0.727. The van der Waals surface area contributed by atoms with E-state index in [9.17, 15) is 9.00 Å². The average molecular weight is 284 g/mol. The van der Waals surface area contributed by atoms with Gasteiger partial charge in [0.2, 0.25) is 0 Å². The van der Waals surface area contributed by atoms with E-state index in [1.165, 1.54) is 12.8 Å². The van der Waals surface area contributed by atoms with Gasteiger partial charge in [-0.05, 0) is 25.3 Å². The third-order valence-corrected chi connectivity index (χ3v) is 5.37. The molecule has 2 rings (SSSR count). The van der Waals surface area contributed by atoms with Crippen LogP contribution in [0.3, 0.4) is 0 Å². The van der Waals surface area contributed by atoms with Crippen molar-refractivity contribution in [3.8, 4) is 0 Å². The Balaban J connectivity index is 1.99. The van der Waals surface area contributed by atoms with Gasteiger partial charge in [-0.25, -0.2) is 0 Å². The zero-order chi connectivity index (χ0) is 13.8. The minimum Gasteiger partial charge on any atom is -0.480 e. The maximum Gasteiger partial charge on any atom is 0.319 e. The smallest absolute Gasteiger partial charge is 0.319 e. The van der Waals surface area contributed by atoms with Crippen molar-refractivity contribution in [1.29, 1.82) is 0 Å². The lowest BCUT2D eigenvalue weighted by molar-refractivity contribution is -0.136. The van der Waals surface area contributed by atoms with Gasteiger partial charge >= 0.3 is 5.97 Å². The third-order valence-electron chi connectivity index (χ3n) is 3.62. The van der Waals surface area contributed by atoms with Gasteiger partial charge in [0.15, 0.2) is 0 Å². The van der Waals surface area contributed by atoms with Gasteiger partial charge in [0.25, 0.3) is 0 Å². The van der Waals surface area contributed by atoms with E-state index in [-0.39, 0.29) is 5.75 Å². The topological polar surface area (TPSA) is 72.2 Å². The van der Waals surface area contributed by atoms with Crippen LogP contribution in [0.5, 0.6) is 0 Å². The molecule has 2 atom stereocenters. The molecular formula is C13H20N2O3S. The minimum atomic E-state index is -1.40. The summed E-state index contributed by atoms with van der Waals surface area (Å²) in [5.74, 6) is -0.763. The highest BCUT2D eigenvalue weighted by molar-refractivity contribution is 7.85. The van der Waals surface area contributed by atoms with E-state index < -0.39 is 22.0 Å². The Morgan fingerprint density at radius 3 is 2.84 bits per heavy atom. The Kier molecular flexibility index (Phi) is 4.74. The number of aliphatic carboxylic acids is 1. The van der Waals surface area contributed by atoms with Crippen molar-refractivity contribution < 1.29 is 14.1 Å². The van der Waals surface area contributed by atoms with Gasteiger partial charge in [0.05, 0.1) is 17.5 Å². The van der Waals surface area contributed by atoms with E-state index in [0.717, 1.165) is 18.5 Å². The van der Waals surface area contributed by atoms with Crippen LogP contribution < -0.4 is 0 Å². The molecule has 1 fully saturated rings. The van der Waals surface area contributed by atoms with Crippen LogP contribution >= 0.6 is 0 Å². The Hall–Kier alpha value is -1.17. The second kappa shape index (κ2) is 6.32. The van der Waals surface area contributed by atoms with Crippen LogP contribution in [0.15, 0.2) is 12.3 Å². The molecule has 1 aliphatic carbocycles. The minimum absolute atomic E-state index is 0.227. The molecule has 1 heterocycles. The SMILES string of the molecule is CCC(C(=O)O)S(=O)Cc1ccn(C2CCCC2)n1. The molecule has 1 aromatic heterocycles. The molecule has 106 valence electrons. The van der Waals surface area contributed by atoms with Gasteiger partial charge in [-0.15, -0.1) is 0 Å². The molecule has 0 aliphatic heterocycles. The van der Waals surface area contributed by atoms with Crippen LogP contribution in [0.1, 0.15) is 50.8 Å². The summed E-state index contributed by atoms with van der Waals surface area (Å²) >= 11 is 0. The molecule has 0 aromatic carbocycles. The van der Waals surface area contributed by atoms with Gasteiger partial charge in [-0.2, -0.15) is 5.10 Å². The number of carboxylic acid groups (broad SMARTS) is 1. The first-order valence-corrected chi connectivity index (χ1v) is 8.14. The molecule has 0 radical (unpaired) electrons. The highest BCUT2D eigenvalue weighted by atomic mass is 32.2. The lowest BCUT2D eigenvalue weighted by atomic mass is 10.3. The standard InChI is InChI=1S/C13H20N2O3S/c1-2-12(13(16)17)19(18)9-10-7-8-15(14-10)11-5-3-4-6-11/h7-8,11-12H,2-6,9H2,1H3,(H,16,17). The van der Waals surface area contributed by atoms with Crippen LogP contribution in [-0.4, -0.2) is 30.3 Å². The number of carbonyl (C=O) groups is 1. The monoisotopic (exact) mass is 284 g/mol. The Bertz CT molecular complexity index is 466. The van der Waals surface area contributed by atoms with E-state index in [1.807, 2.05) is 16.9 Å². The second-order valence-corrected chi connectivity index (χ2v) is 6.60. The Labute approximate surface area is 115 Å². The van der Waals surface area contributed by atoms with Crippen molar-refractivity contribution in [1.82, 2.24) is 9.78 Å². The van der Waals surface area contributed by atoms with Gasteiger partial charge in [-0.3, -0.25) is 13.7 Å². The highest BCUT2D eigenvalue weighted by Crippen LogP contribution is 2.28. The number of hydrogen-bond donors (Lipinski definition) is 1. The third kappa shape index (κ3) is 3.43. The molecule has 1 aromatic rings. The summed E-state index contributed by atoms with van der Waals surface area (Å²) in [5, 5.41) is 12.6. The molecule has 19 heavy (non-hydrogen) atoms. The summed E-state index contributed by atoms with van der Waals surface area (Å²) in [4.78, 5) is 11.0. The van der Waals surface area contributed by atoms with Gasteiger partial charge < -0.3 is 5.11 Å². The molecule has 0 amide bonds. The first-order chi connectivity index (χ1) is 9.11. The number of rotatable bonds is 6. The van der Waals surface area contributed by atoms with E-state index in [2.05, 4.69) is 5.10 Å². The highest BCUT2D eigenvalue weighted by Gasteiger charge is 2.24. The summed E-state index contributed by atoms with van der Waals surface area (Å²) in [7, 11) is -1.40. The van der Waals surface area contributed by atoms with Crippen molar-refractivity contribution in [2.45, 2.75) is 56.1 Å². The maximum atomic E-state index is 12.0. The van der Waals surface area contributed by atoms with Crippen LogP contribution in [0.2, 0.25) is 0 Å². The van der Waals surface area contributed by atoms with Crippen molar-refractivity contribution in [3.63, 3.8) is 0 Å². The van der Waals surface area contributed by atoms with E-state index in [0.29, 0.717) is 12.5 Å². The van der Waals surface area contributed by atoms with Crippen molar-refractivity contribution >= 4 is 16.8 Å². The first-order valence-electron chi connectivity index (χ1n) is 6.75. The predicted octanol–water partition coefficient (Wildman–Crippen LogP) is 2.11. The summed E-state index contributed by atoms with van der Waals surface area (Å²) in [6.07, 6.45) is 7.08. The molecule has 1 aliphatic rings. The van der Waals surface area contributed by atoms with Gasteiger partial charge in [0.1, 0.15) is 5.25 Å². The van der Waals surface area contributed by atoms with E-state index >= 15 is 0 Å². The lowest BCUT2D eigenvalue weighted by Gasteiger charge is -2.10. The van der Waals surface area contributed by atoms with E-state index in [1.54, 1.807) is 6.92 Å². The fourth-order valence-electron chi connectivity index (χ4n) is 2.55. The molecule has 2 unspecified atom stereocenters. The molecular weight excluding hydrogens is 264 g/mol. The van der Waals surface area contributed by atoms with Crippen LogP contribution in [-0.2, 0) is 21.3 Å². The Morgan fingerprint density at radius 1 is 1.58 bits per heavy atom. The number of hydrogen-bond acceptors (Lipinski definition) is 3. The summed E-state index contributed by atoms with van der Waals surface area (Å²) in [6.45, 7) is 1.74. The van der Waals surface area contributed by atoms with Crippen LogP contribution in [0, 0.1) is 0 Å². The molecule has 5 nitrogen and oxygen atoms in total. The molecule has 0 saturated heterocycles. The first kappa shape index (κ1) is 14.2. The zero-order valence-electron chi connectivity index (χ0n) is 11.1. The predicted molar refractivity (Wildman–Crippen MR) is 73.3 cm³/mol. The summed E-state index contributed by atoms with van der Waals surface area (Å²) < 4.78 is 13.9. The largest absolute Gasteiger partial charge is 0.480 e. The van der Waals surface area contributed by atoms with Gasteiger partial charge in [0, 0.05) is 17.0 Å². The number of nitrogens with zero attached hydrogens (tertiary/aromatic N) is 2. The summed E-state index contributed by atoms with van der Waals surface area (Å²) in [6, 6.07) is 2.31. The molecule has 6 heteroatoms. The van der Waals surface area contributed by atoms with Crippen molar-refractivity contribution in [2.75, 3.05) is 0 Å². The molecule has 0 spiro atoms. The molecule has 1 saturated carbocycles. The maximum absolute atomic E-state index is 12.0. The number of carboxylic acids is 1. The molecule has 0 bridgehead atoms. The zero-order valence-corrected chi connectivity index (χ0v) is 11.9. The van der Waals surface area contributed by atoms with Crippen LogP contribution in [0.4, 0.5) is 0 Å². The lowest BCUT2D eigenvalue weighted by Crippen LogP contribution is -2.25. The van der Waals surface area contributed by atoms with Gasteiger partial charge in [-0.1, -0.05) is 19.8 Å². The van der Waals surface area contributed by atoms with Crippen LogP contribution in [0.25, 0.3) is 0 Å². The van der Waals surface area contributed by atoms with Crippen molar-refractivity contribution in [3.05, 3.63) is 18.0 Å². The number of aromatic nitrogens is 2. The fraction of sp³-hybridized carbons (Fsp3) is 0.692. The van der Waals surface area contributed by atoms with E-state index in [4.69, 9.17) is 5.11 Å². The quantitative estimate of drug-likeness (QED) is 0.868. The Morgan fingerprint density at radius 2 is 2.26 bits per heavy atom. The van der Waals surface area contributed by atoms with Crippen molar-refractivity contribution in [2.24, 2.45) is 0 Å². The second-order valence-electron chi connectivity index (χ2n) is 4.99. The average Bonchev–Trinajstić information content (AvgIpc) is 2.98. The molecule has 1 N–H and O–H groups in total. The normalized spacial score (nSPS) is 19.4.